The highest BCUT2D eigenvalue weighted by Gasteiger charge is 2.51. The van der Waals surface area contributed by atoms with Gasteiger partial charge in [-0.15, -0.1) is 0 Å². The van der Waals surface area contributed by atoms with Crippen LogP contribution in [0.5, 0.6) is 0 Å². The molecule has 1 fully saturated rings. The lowest BCUT2D eigenvalue weighted by Crippen LogP contribution is -2.55. The minimum atomic E-state index is -1.31. The van der Waals surface area contributed by atoms with Crippen molar-refractivity contribution in [1.29, 1.82) is 5.26 Å². The molecule has 0 bridgehead atoms. The van der Waals surface area contributed by atoms with Gasteiger partial charge in [-0.3, -0.25) is 4.90 Å². The molecular weight excluding hydrogens is 308 g/mol. The molecule has 1 aliphatic heterocycles. The zero-order valence-electron chi connectivity index (χ0n) is 14.2. The average Bonchev–Trinajstić information content (AvgIpc) is 2.91. The third kappa shape index (κ3) is 3.67. The Morgan fingerprint density at radius 3 is 2.46 bits per heavy atom. The summed E-state index contributed by atoms with van der Waals surface area (Å²) >= 11 is 0. The molecule has 128 valence electrons. The standard InChI is InChI=1S/C18H22N2O4/c1-17(2,3)24-16(23)20-10-4-9-18(20,15(21)22)11-13-5-7-14(12-19)8-6-13/h5-8H,4,9-11H2,1-3H3,(H,21,22). The van der Waals surface area contributed by atoms with Gasteiger partial charge in [-0.2, -0.15) is 5.26 Å². The highest BCUT2D eigenvalue weighted by Crippen LogP contribution is 2.34. The number of rotatable bonds is 3. The number of carboxylic acid groups (broad SMARTS) is 1. The Balaban J connectivity index is 2.29. The largest absolute Gasteiger partial charge is 0.479 e. The molecule has 1 amide bonds. The summed E-state index contributed by atoms with van der Waals surface area (Å²) in [5.41, 5.74) is -0.708. The number of carboxylic acids is 1. The molecule has 1 aromatic carbocycles. The first-order valence-corrected chi connectivity index (χ1v) is 7.91. The molecule has 1 atom stereocenters. The second-order valence-corrected chi connectivity index (χ2v) is 7.06. The second kappa shape index (κ2) is 6.52. The van der Waals surface area contributed by atoms with Crippen LogP contribution in [0.15, 0.2) is 24.3 Å². The van der Waals surface area contributed by atoms with Crippen molar-refractivity contribution >= 4 is 12.1 Å². The first kappa shape index (κ1) is 17.8. The zero-order chi connectivity index (χ0) is 18.0. The van der Waals surface area contributed by atoms with Crippen LogP contribution in [0, 0.1) is 11.3 Å². The van der Waals surface area contributed by atoms with Gasteiger partial charge in [-0.05, 0) is 51.3 Å². The third-order valence-electron chi connectivity index (χ3n) is 4.08. The Morgan fingerprint density at radius 1 is 1.33 bits per heavy atom. The van der Waals surface area contributed by atoms with Crippen molar-refractivity contribution in [3.63, 3.8) is 0 Å². The number of likely N-dealkylation sites (tertiary alicyclic amines) is 1. The molecule has 1 N–H and O–H groups in total. The number of amides is 1. The van der Waals surface area contributed by atoms with Gasteiger partial charge >= 0.3 is 12.1 Å². The van der Waals surface area contributed by atoms with Crippen molar-refractivity contribution in [1.82, 2.24) is 4.90 Å². The van der Waals surface area contributed by atoms with E-state index in [1.54, 1.807) is 45.0 Å². The summed E-state index contributed by atoms with van der Waals surface area (Å²) in [4.78, 5) is 25.8. The van der Waals surface area contributed by atoms with Crippen LogP contribution in [-0.4, -0.2) is 39.8 Å². The minimum absolute atomic E-state index is 0.188. The minimum Gasteiger partial charge on any atom is -0.479 e. The van der Waals surface area contributed by atoms with Crippen LogP contribution in [0.3, 0.4) is 0 Å². The molecule has 0 aliphatic carbocycles. The molecule has 1 unspecified atom stereocenters. The number of carbonyl (C=O) groups is 2. The number of nitrogens with zero attached hydrogens (tertiary/aromatic N) is 2. The number of ether oxygens (including phenoxy) is 1. The summed E-state index contributed by atoms with van der Waals surface area (Å²) in [6, 6.07) is 8.79. The molecule has 1 aromatic rings. The van der Waals surface area contributed by atoms with Gasteiger partial charge in [-0.1, -0.05) is 12.1 Å². The SMILES string of the molecule is CC(C)(C)OC(=O)N1CCCC1(Cc1ccc(C#N)cc1)C(=O)O. The lowest BCUT2D eigenvalue weighted by molar-refractivity contribution is -0.149. The van der Waals surface area contributed by atoms with Crippen LogP contribution < -0.4 is 0 Å². The van der Waals surface area contributed by atoms with E-state index in [0.717, 1.165) is 5.56 Å². The van der Waals surface area contributed by atoms with Gasteiger partial charge in [-0.25, -0.2) is 9.59 Å². The molecule has 0 radical (unpaired) electrons. The van der Waals surface area contributed by atoms with E-state index in [4.69, 9.17) is 10.00 Å². The van der Waals surface area contributed by atoms with Gasteiger partial charge < -0.3 is 9.84 Å². The van der Waals surface area contributed by atoms with Crippen molar-refractivity contribution < 1.29 is 19.4 Å². The normalized spacial score (nSPS) is 20.5. The number of nitriles is 1. The van der Waals surface area contributed by atoms with E-state index in [1.807, 2.05) is 6.07 Å². The molecular formula is C18H22N2O4. The molecule has 0 spiro atoms. The van der Waals surface area contributed by atoms with Crippen molar-refractivity contribution in [2.24, 2.45) is 0 Å². The maximum atomic E-state index is 12.5. The van der Waals surface area contributed by atoms with Crippen molar-refractivity contribution in [2.75, 3.05) is 6.54 Å². The summed E-state index contributed by atoms with van der Waals surface area (Å²) in [7, 11) is 0. The predicted octanol–water partition coefficient (Wildman–Crippen LogP) is 2.96. The number of benzene rings is 1. The van der Waals surface area contributed by atoms with Crippen molar-refractivity contribution in [2.45, 2.75) is 51.2 Å². The highest BCUT2D eigenvalue weighted by molar-refractivity contribution is 5.85. The highest BCUT2D eigenvalue weighted by atomic mass is 16.6. The summed E-state index contributed by atoms with van der Waals surface area (Å²) in [6.07, 6.45) is 0.576. The van der Waals surface area contributed by atoms with E-state index in [2.05, 4.69) is 0 Å². The summed E-state index contributed by atoms with van der Waals surface area (Å²) < 4.78 is 5.38. The Kier molecular flexibility index (Phi) is 4.83. The van der Waals surface area contributed by atoms with Crippen LogP contribution in [0.1, 0.15) is 44.7 Å². The van der Waals surface area contributed by atoms with E-state index in [0.29, 0.717) is 24.9 Å². The Morgan fingerprint density at radius 2 is 1.96 bits per heavy atom. The fraction of sp³-hybridized carbons (Fsp3) is 0.500. The number of aliphatic carboxylic acids is 1. The van der Waals surface area contributed by atoms with Crippen molar-refractivity contribution in [3.05, 3.63) is 35.4 Å². The van der Waals surface area contributed by atoms with Crippen LogP contribution in [-0.2, 0) is 16.0 Å². The fourth-order valence-corrected chi connectivity index (χ4v) is 2.98. The predicted molar refractivity (Wildman–Crippen MR) is 87.4 cm³/mol. The van der Waals surface area contributed by atoms with Crippen LogP contribution in [0.4, 0.5) is 4.79 Å². The van der Waals surface area contributed by atoms with Crippen LogP contribution in [0.2, 0.25) is 0 Å². The molecule has 1 aliphatic rings. The van der Waals surface area contributed by atoms with E-state index in [9.17, 15) is 14.7 Å². The number of hydrogen-bond donors (Lipinski definition) is 1. The van der Waals surface area contributed by atoms with Gasteiger partial charge in [0.15, 0.2) is 0 Å². The van der Waals surface area contributed by atoms with Gasteiger partial charge in [0, 0.05) is 13.0 Å². The lowest BCUT2D eigenvalue weighted by Gasteiger charge is -2.36. The Hall–Kier alpha value is -2.55. The molecule has 2 rings (SSSR count). The average molecular weight is 330 g/mol. The summed E-state index contributed by atoms with van der Waals surface area (Å²) in [5.74, 6) is -1.03. The van der Waals surface area contributed by atoms with Gasteiger partial charge in [0.05, 0.1) is 11.6 Å². The monoisotopic (exact) mass is 330 g/mol. The quantitative estimate of drug-likeness (QED) is 0.920. The van der Waals surface area contributed by atoms with Gasteiger partial charge in [0.25, 0.3) is 0 Å². The summed E-state index contributed by atoms with van der Waals surface area (Å²) in [6.45, 7) is 5.62. The Labute approximate surface area is 141 Å². The molecule has 6 nitrogen and oxygen atoms in total. The lowest BCUT2D eigenvalue weighted by atomic mass is 9.88. The van der Waals surface area contributed by atoms with Crippen LogP contribution >= 0.6 is 0 Å². The smallest absolute Gasteiger partial charge is 0.411 e. The molecule has 24 heavy (non-hydrogen) atoms. The molecule has 0 aromatic heterocycles. The topological polar surface area (TPSA) is 90.6 Å². The number of carbonyl (C=O) groups excluding carboxylic acids is 1. The van der Waals surface area contributed by atoms with Crippen LogP contribution in [0.25, 0.3) is 0 Å². The maximum absolute atomic E-state index is 12.5. The third-order valence-corrected chi connectivity index (χ3v) is 4.08. The fourth-order valence-electron chi connectivity index (χ4n) is 2.98. The van der Waals surface area contributed by atoms with E-state index >= 15 is 0 Å². The molecule has 1 heterocycles. The molecule has 1 saturated heterocycles. The first-order valence-electron chi connectivity index (χ1n) is 7.91. The summed E-state index contributed by atoms with van der Waals surface area (Å²) in [5, 5.41) is 18.7. The van der Waals surface area contributed by atoms with Gasteiger partial charge in [0.1, 0.15) is 11.1 Å². The molecule has 0 saturated carbocycles. The zero-order valence-corrected chi connectivity index (χ0v) is 14.2. The molecule has 6 heteroatoms. The second-order valence-electron chi connectivity index (χ2n) is 7.06. The first-order chi connectivity index (χ1) is 11.2. The Bertz CT molecular complexity index is 670. The van der Waals surface area contributed by atoms with Gasteiger partial charge in [0.2, 0.25) is 0 Å². The number of hydrogen-bond acceptors (Lipinski definition) is 4. The van der Waals surface area contributed by atoms with E-state index < -0.39 is 23.2 Å². The van der Waals surface area contributed by atoms with E-state index in [1.165, 1.54) is 4.90 Å². The van der Waals surface area contributed by atoms with E-state index in [-0.39, 0.29) is 6.42 Å². The maximum Gasteiger partial charge on any atom is 0.411 e. The van der Waals surface area contributed by atoms with Crippen molar-refractivity contribution in [3.8, 4) is 6.07 Å².